The Morgan fingerprint density at radius 1 is 1.22 bits per heavy atom. The first-order valence-electron chi connectivity index (χ1n) is 11.4. The predicted molar refractivity (Wildman–Crippen MR) is 115 cm³/mol. The topological polar surface area (TPSA) is 80.2 Å². The summed E-state index contributed by atoms with van der Waals surface area (Å²) < 4.78 is 41.9. The maximum Gasteiger partial charge on any atom is 0.419 e. The zero-order valence-electron chi connectivity index (χ0n) is 18.4. The van der Waals surface area contributed by atoms with Crippen molar-refractivity contribution in [3.63, 3.8) is 0 Å². The number of hydrogen-bond donors (Lipinski definition) is 2. The molecule has 5 rings (SSSR count). The smallest absolute Gasteiger partial charge is 0.396 e. The number of aromatic nitrogens is 3. The second kappa shape index (κ2) is 7.73. The number of fused-ring (bicyclic) bond motifs is 1. The molecule has 9 heteroatoms. The van der Waals surface area contributed by atoms with Crippen LogP contribution in [-0.2, 0) is 6.18 Å². The fraction of sp³-hybridized carbons (Fsp3) is 0.652. The number of pyridine rings is 1. The van der Waals surface area contributed by atoms with E-state index < -0.39 is 17.6 Å². The van der Waals surface area contributed by atoms with E-state index in [9.17, 15) is 18.3 Å². The van der Waals surface area contributed by atoms with Crippen LogP contribution in [0.3, 0.4) is 0 Å². The van der Waals surface area contributed by atoms with Crippen LogP contribution in [0.4, 0.5) is 19.0 Å². The Hall–Kier alpha value is -2.13. The van der Waals surface area contributed by atoms with Gasteiger partial charge in [-0.3, -0.25) is 9.58 Å². The lowest BCUT2D eigenvalue weighted by Crippen LogP contribution is -2.33. The molecule has 0 aromatic carbocycles. The van der Waals surface area contributed by atoms with E-state index in [4.69, 9.17) is 5.73 Å². The lowest BCUT2D eigenvalue weighted by atomic mass is 10.0. The zero-order valence-corrected chi connectivity index (χ0v) is 18.4. The van der Waals surface area contributed by atoms with Crippen molar-refractivity contribution in [3.8, 4) is 11.3 Å². The molecule has 0 unspecified atom stereocenters. The van der Waals surface area contributed by atoms with Crippen LogP contribution in [0, 0.1) is 17.8 Å². The third-order valence-corrected chi connectivity index (χ3v) is 7.63. The number of nitrogens with two attached hydrogens (primary N) is 1. The number of nitrogens with zero attached hydrogens (tertiary/aromatic N) is 4. The first-order chi connectivity index (χ1) is 15.2. The first-order valence-corrected chi connectivity index (χ1v) is 11.4. The van der Waals surface area contributed by atoms with Gasteiger partial charge in [0.15, 0.2) is 0 Å². The molecule has 174 valence electrons. The fourth-order valence-corrected chi connectivity index (χ4v) is 5.95. The van der Waals surface area contributed by atoms with Gasteiger partial charge in [-0.05, 0) is 69.5 Å². The fourth-order valence-electron chi connectivity index (χ4n) is 5.95. The summed E-state index contributed by atoms with van der Waals surface area (Å²) in [6.07, 6.45) is 0.187. The molecule has 5 atom stereocenters. The van der Waals surface area contributed by atoms with E-state index in [0.717, 1.165) is 44.1 Å². The summed E-state index contributed by atoms with van der Waals surface area (Å²) in [7, 11) is 0. The molecule has 6 nitrogen and oxygen atoms in total. The van der Waals surface area contributed by atoms with Gasteiger partial charge in [0.1, 0.15) is 5.82 Å². The average Bonchev–Trinajstić information content (AvgIpc) is 3.22. The lowest BCUT2D eigenvalue weighted by molar-refractivity contribution is -0.137. The van der Waals surface area contributed by atoms with E-state index in [-0.39, 0.29) is 12.6 Å². The van der Waals surface area contributed by atoms with E-state index in [0.29, 0.717) is 41.0 Å². The molecular formula is C23H30F3N5O. The van der Waals surface area contributed by atoms with E-state index >= 15 is 0 Å². The Morgan fingerprint density at radius 2 is 1.94 bits per heavy atom. The molecule has 0 spiro atoms. The average molecular weight is 450 g/mol. The van der Waals surface area contributed by atoms with Crippen molar-refractivity contribution in [2.75, 3.05) is 25.4 Å². The molecular weight excluding hydrogens is 419 g/mol. The Balaban J connectivity index is 1.36. The Bertz CT molecular complexity index is 992. The number of anilines is 1. The van der Waals surface area contributed by atoms with Crippen molar-refractivity contribution in [1.82, 2.24) is 19.7 Å². The lowest BCUT2D eigenvalue weighted by Gasteiger charge is -2.26. The van der Waals surface area contributed by atoms with Gasteiger partial charge in [0.25, 0.3) is 0 Å². The van der Waals surface area contributed by atoms with Crippen LogP contribution in [0.1, 0.15) is 56.3 Å². The number of likely N-dealkylation sites (tertiary alicyclic amines) is 1. The van der Waals surface area contributed by atoms with Gasteiger partial charge in [0.2, 0.25) is 0 Å². The highest BCUT2D eigenvalue weighted by Crippen LogP contribution is 2.64. The molecule has 3 aliphatic rings. The van der Waals surface area contributed by atoms with Gasteiger partial charge in [-0.1, -0.05) is 0 Å². The highest BCUT2D eigenvalue weighted by Gasteiger charge is 2.59. The summed E-state index contributed by atoms with van der Waals surface area (Å²) >= 11 is 0. The maximum absolute atomic E-state index is 13.3. The molecule has 1 saturated heterocycles. The standard InChI is InChI=1S/C23H30F3N5O/c1-12(2)31-20(8-19(29-31)14-5-18(23(24,25)26)22(27)28-9-14)21-16-6-15(7-17(16)21)30-4-3-13(10-30)11-32/h5,8-9,12-13,15-17,21,32H,3-4,6-7,10-11H2,1-2H3,(H2,27,28)/t13-,15-,16-,17+,21+/m1/s1. The molecule has 0 amide bonds. The van der Waals surface area contributed by atoms with Crippen molar-refractivity contribution in [2.24, 2.45) is 17.8 Å². The van der Waals surface area contributed by atoms with Crippen molar-refractivity contribution < 1.29 is 18.3 Å². The molecule has 2 aromatic rings. The minimum Gasteiger partial charge on any atom is -0.396 e. The number of rotatable bonds is 5. The molecule has 3 fully saturated rings. The van der Waals surface area contributed by atoms with E-state index in [1.807, 2.05) is 24.6 Å². The van der Waals surface area contributed by atoms with Crippen molar-refractivity contribution >= 4 is 5.82 Å². The third kappa shape index (κ3) is 3.69. The minimum atomic E-state index is -4.55. The monoisotopic (exact) mass is 449 g/mol. The highest BCUT2D eigenvalue weighted by molar-refractivity contribution is 5.63. The quantitative estimate of drug-likeness (QED) is 0.723. The first kappa shape index (κ1) is 21.7. The van der Waals surface area contributed by atoms with Crippen LogP contribution in [0.15, 0.2) is 18.3 Å². The molecule has 2 saturated carbocycles. The van der Waals surface area contributed by atoms with Crippen molar-refractivity contribution in [1.29, 1.82) is 0 Å². The second-order valence-electron chi connectivity index (χ2n) is 9.96. The van der Waals surface area contributed by atoms with Gasteiger partial charge in [0.05, 0.1) is 11.3 Å². The van der Waals surface area contributed by atoms with Crippen molar-refractivity contribution in [2.45, 2.75) is 57.3 Å². The van der Waals surface area contributed by atoms with Gasteiger partial charge < -0.3 is 10.8 Å². The van der Waals surface area contributed by atoms with E-state index in [1.165, 1.54) is 6.20 Å². The Labute approximate surface area is 185 Å². The zero-order chi connectivity index (χ0) is 22.8. The van der Waals surface area contributed by atoms with Crippen LogP contribution < -0.4 is 5.73 Å². The molecule has 0 bridgehead atoms. The van der Waals surface area contributed by atoms with Crippen LogP contribution in [0.25, 0.3) is 11.3 Å². The normalized spacial score (nSPS) is 30.3. The number of aliphatic hydroxyl groups is 1. The number of halogens is 3. The number of nitrogen functional groups attached to an aromatic ring is 1. The molecule has 2 aromatic heterocycles. The van der Waals surface area contributed by atoms with Crippen molar-refractivity contribution in [3.05, 3.63) is 29.6 Å². The predicted octanol–water partition coefficient (Wildman–Crippen LogP) is 3.93. The second-order valence-corrected chi connectivity index (χ2v) is 9.96. The number of aliphatic hydroxyl groups excluding tert-OH is 1. The number of hydrogen-bond acceptors (Lipinski definition) is 5. The Kier molecular flexibility index (Phi) is 5.24. The van der Waals surface area contributed by atoms with Gasteiger partial charge in [-0.15, -0.1) is 0 Å². The molecule has 3 N–H and O–H groups in total. The largest absolute Gasteiger partial charge is 0.419 e. The summed E-state index contributed by atoms with van der Waals surface area (Å²) in [5.74, 6) is 1.51. The third-order valence-electron chi connectivity index (χ3n) is 7.63. The summed E-state index contributed by atoms with van der Waals surface area (Å²) in [5.41, 5.74) is 6.51. The molecule has 3 heterocycles. The Morgan fingerprint density at radius 3 is 2.53 bits per heavy atom. The van der Waals surface area contributed by atoms with Gasteiger partial charge in [-0.25, -0.2) is 4.98 Å². The van der Waals surface area contributed by atoms with Gasteiger partial charge in [-0.2, -0.15) is 18.3 Å². The summed E-state index contributed by atoms with van der Waals surface area (Å²) in [6.45, 7) is 6.42. The maximum atomic E-state index is 13.3. The highest BCUT2D eigenvalue weighted by atomic mass is 19.4. The van der Waals surface area contributed by atoms with Crippen LogP contribution in [0.2, 0.25) is 0 Å². The van der Waals surface area contributed by atoms with Crippen LogP contribution >= 0.6 is 0 Å². The summed E-state index contributed by atoms with van der Waals surface area (Å²) in [5, 5.41) is 14.1. The summed E-state index contributed by atoms with van der Waals surface area (Å²) in [4.78, 5) is 6.31. The minimum absolute atomic E-state index is 0.114. The molecule has 1 aliphatic heterocycles. The SMILES string of the molecule is CC(C)n1nc(-c2cnc(N)c(C(F)(F)F)c2)cc1[C@H]1[C@@H]2C[C@@H](N3CC[C@@H](CO)C3)C[C@@H]21. The number of alkyl halides is 3. The van der Waals surface area contributed by atoms with Gasteiger partial charge in [0, 0.05) is 48.6 Å². The molecule has 32 heavy (non-hydrogen) atoms. The van der Waals surface area contributed by atoms with Crippen LogP contribution in [0.5, 0.6) is 0 Å². The van der Waals surface area contributed by atoms with E-state index in [2.05, 4.69) is 15.0 Å². The van der Waals surface area contributed by atoms with Gasteiger partial charge >= 0.3 is 6.18 Å². The molecule has 2 aliphatic carbocycles. The summed E-state index contributed by atoms with van der Waals surface area (Å²) in [6, 6.07) is 3.70. The van der Waals surface area contributed by atoms with E-state index in [1.54, 1.807) is 0 Å². The van der Waals surface area contributed by atoms with Crippen LogP contribution in [-0.4, -0.2) is 50.5 Å². The molecule has 0 radical (unpaired) electrons.